The Bertz CT molecular complexity index is 473. The van der Waals surface area contributed by atoms with Crippen LogP contribution in [0.4, 0.5) is 0 Å². The van der Waals surface area contributed by atoms with E-state index >= 15 is 0 Å². The first-order valence-corrected chi connectivity index (χ1v) is 8.97. The minimum Gasteiger partial charge on any atom is -0.381 e. The van der Waals surface area contributed by atoms with Crippen molar-refractivity contribution < 1.29 is 8.95 Å². The van der Waals surface area contributed by atoms with Crippen LogP contribution in [-0.4, -0.2) is 36.3 Å². The Labute approximate surface area is 130 Å². The van der Waals surface area contributed by atoms with Gasteiger partial charge in [0.05, 0.1) is 17.4 Å². The molecule has 2 rings (SSSR count). The fraction of sp³-hybridized carbons (Fsp3) is 0.647. The van der Waals surface area contributed by atoms with Crippen LogP contribution < -0.4 is 5.32 Å². The lowest BCUT2D eigenvalue weighted by atomic mass is 9.87. The molecule has 1 fully saturated rings. The van der Waals surface area contributed by atoms with E-state index in [0.29, 0.717) is 11.7 Å². The predicted octanol–water partition coefficient (Wildman–Crippen LogP) is 2.72. The molecular formula is C17H27NO2S. The zero-order valence-electron chi connectivity index (χ0n) is 13.5. The summed E-state index contributed by atoms with van der Waals surface area (Å²) in [5, 5.41) is 3.31. The van der Waals surface area contributed by atoms with Crippen molar-refractivity contribution in [1.29, 1.82) is 0 Å². The van der Waals surface area contributed by atoms with E-state index in [0.717, 1.165) is 24.5 Å². The molecule has 1 N–H and O–H groups in total. The third-order valence-electron chi connectivity index (χ3n) is 4.22. The highest BCUT2D eigenvalue weighted by Crippen LogP contribution is 2.24. The molecule has 0 aliphatic carbocycles. The molecule has 0 radical (unpaired) electrons. The van der Waals surface area contributed by atoms with Crippen LogP contribution in [0.1, 0.15) is 32.8 Å². The minimum absolute atomic E-state index is 0.134. The Morgan fingerprint density at radius 1 is 1.33 bits per heavy atom. The molecule has 1 aliphatic heterocycles. The molecular weight excluding hydrogens is 282 g/mol. The van der Waals surface area contributed by atoms with Crippen LogP contribution in [0.2, 0.25) is 0 Å². The number of hydrogen-bond donors (Lipinski definition) is 1. The monoisotopic (exact) mass is 309 g/mol. The molecule has 3 unspecified atom stereocenters. The number of rotatable bonds is 5. The smallest absolute Gasteiger partial charge is 0.0545 e. The van der Waals surface area contributed by atoms with Crippen molar-refractivity contribution in [3.63, 3.8) is 0 Å². The maximum absolute atomic E-state index is 12.6. The van der Waals surface area contributed by atoms with E-state index in [4.69, 9.17) is 4.74 Å². The molecule has 1 aliphatic rings. The summed E-state index contributed by atoms with van der Waals surface area (Å²) in [6, 6.07) is 8.47. The zero-order chi connectivity index (χ0) is 15.5. The summed E-state index contributed by atoms with van der Waals surface area (Å²) in [5.74, 6) is 1.13. The molecule has 1 aromatic rings. The Balaban J connectivity index is 2.02. The van der Waals surface area contributed by atoms with E-state index in [2.05, 4.69) is 38.2 Å². The molecule has 3 atom stereocenters. The van der Waals surface area contributed by atoms with Gasteiger partial charge in [0.1, 0.15) is 0 Å². The second kappa shape index (κ2) is 7.03. The molecule has 21 heavy (non-hydrogen) atoms. The summed E-state index contributed by atoms with van der Waals surface area (Å²) < 4.78 is 18.0. The summed E-state index contributed by atoms with van der Waals surface area (Å²) in [6.07, 6.45) is 1.06. The van der Waals surface area contributed by atoms with Crippen molar-refractivity contribution >= 4 is 10.8 Å². The van der Waals surface area contributed by atoms with Crippen LogP contribution in [0, 0.1) is 5.92 Å². The quantitative estimate of drug-likeness (QED) is 0.909. The van der Waals surface area contributed by atoms with Crippen LogP contribution in [0.3, 0.4) is 0 Å². The first-order chi connectivity index (χ1) is 9.91. The summed E-state index contributed by atoms with van der Waals surface area (Å²) in [7, 11) is 0.985. The summed E-state index contributed by atoms with van der Waals surface area (Å²) in [5.41, 5.74) is 1.41. The van der Waals surface area contributed by atoms with Crippen LogP contribution in [0.5, 0.6) is 0 Å². The number of benzene rings is 1. The van der Waals surface area contributed by atoms with Crippen molar-refractivity contribution in [2.45, 2.75) is 43.5 Å². The Morgan fingerprint density at radius 2 is 2.00 bits per heavy atom. The molecule has 3 nitrogen and oxygen atoms in total. The zero-order valence-corrected chi connectivity index (χ0v) is 14.3. The van der Waals surface area contributed by atoms with Crippen LogP contribution in [-0.2, 0) is 21.0 Å². The lowest BCUT2D eigenvalue weighted by Gasteiger charge is -2.22. The third-order valence-corrected chi connectivity index (χ3v) is 5.68. The summed E-state index contributed by atoms with van der Waals surface area (Å²) in [6.45, 7) is 8.18. The van der Waals surface area contributed by atoms with Gasteiger partial charge in [-0.1, -0.05) is 32.9 Å². The average Bonchev–Trinajstić information content (AvgIpc) is 2.97. The van der Waals surface area contributed by atoms with Crippen LogP contribution in [0.15, 0.2) is 29.2 Å². The fourth-order valence-electron chi connectivity index (χ4n) is 2.69. The van der Waals surface area contributed by atoms with Gasteiger partial charge >= 0.3 is 0 Å². The average molecular weight is 309 g/mol. The van der Waals surface area contributed by atoms with E-state index in [9.17, 15) is 4.21 Å². The van der Waals surface area contributed by atoms with Gasteiger partial charge in [-0.3, -0.25) is 4.21 Å². The first-order valence-electron chi connectivity index (χ1n) is 7.65. The van der Waals surface area contributed by atoms with Crippen molar-refractivity contribution in [3.05, 3.63) is 29.8 Å². The van der Waals surface area contributed by atoms with Gasteiger partial charge in [-0.05, 0) is 36.6 Å². The van der Waals surface area contributed by atoms with Gasteiger partial charge in [0, 0.05) is 29.2 Å². The SMILES string of the molecule is CNC(CS(=O)c1ccc(C(C)(C)C)cc1)C1CCOC1. The molecule has 118 valence electrons. The van der Waals surface area contributed by atoms with Crippen molar-refractivity contribution in [2.75, 3.05) is 26.0 Å². The molecule has 4 heteroatoms. The second-order valence-corrected chi connectivity index (χ2v) is 8.30. The molecule has 1 heterocycles. The van der Waals surface area contributed by atoms with Crippen molar-refractivity contribution in [3.8, 4) is 0 Å². The van der Waals surface area contributed by atoms with Gasteiger partial charge in [-0.2, -0.15) is 0 Å². The van der Waals surface area contributed by atoms with E-state index < -0.39 is 10.8 Å². The summed E-state index contributed by atoms with van der Waals surface area (Å²) >= 11 is 0. The number of nitrogens with one attached hydrogen (secondary N) is 1. The highest BCUT2D eigenvalue weighted by molar-refractivity contribution is 7.85. The molecule has 1 saturated heterocycles. The predicted molar refractivity (Wildman–Crippen MR) is 88.2 cm³/mol. The van der Waals surface area contributed by atoms with Gasteiger partial charge in [0.15, 0.2) is 0 Å². The number of hydrogen-bond acceptors (Lipinski definition) is 3. The maximum Gasteiger partial charge on any atom is 0.0545 e. The van der Waals surface area contributed by atoms with Gasteiger partial charge in [0.2, 0.25) is 0 Å². The molecule has 0 bridgehead atoms. The molecule has 0 spiro atoms. The van der Waals surface area contributed by atoms with E-state index in [1.54, 1.807) is 0 Å². The standard InChI is InChI=1S/C17H27NO2S/c1-17(2,3)14-5-7-15(8-6-14)21(19)12-16(18-4)13-9-10-20-11-13/h5-8,13,16,18H,9-12H2,1-4H3. The number of ether oxygens (including phenoxy) is 1. The molecule has 0 saturated carbocycles. The second-order valence-electron chi connectivity index (χ2n) is 6.81. The van der Waals surface area contributed by atoms with Gasteiger partial charge in [0.25, 0.3) is 0 Å². The van der Waals surface area contributed by atoms with Gasteiger partial charge in [-0.25, -0.2) is 0 Å². The largest absolute Gasteiger partial charge is 0.381 e. The highest BCUT2D eigenvalue weighted by Gasteiger charge is 2.26. The molecule has 1 aromatic carbocycles. The Kier molecular flexibility index (Phi) is 5.58. The van der Waals surface area contributed by atoms with Crippen LogP contribution >= 0.6 is 0 Å². The Hall–Kier alpha value is -0.710. The Morgan fingerprint density at radius 3 is 2.48 bits per heavy atom. The van der Waals surface area contributed by atoms with E-state index in [1.807, 2.05) is 19.2 Å². The topological polar surface area (TPSA) is 38.3 Å². The van der Waals surface area contributed by atoms with E-state index in [1.165, 1.54) is 5.56 Å². The highest BCUT2D eigenvalue weighted by atomic mass is 32.2. The maximum atomic E-state index is 12.6. The third kappa shape index (κ3) is 4.38. The normalized spacial score (nSPS) is 22.2. The lowest BCUT2D eigenvalue weighted by molar-refractivity contribution is 0.179. The van der Waals surface area contributed by atoms with E-state index in [-0.39, 0.29) is 11.5 Å². The molecule has 0 amide bonds. The minimum atomic E-state index is -0.962. The van der Waals surface area contributed by atoms with Gasteiger partial charge in [-0.15, -0.1) is 0 Å². The molecule has 0 aromatic heterocycles. The fourth-order valence-corrected chi connectivity index (χ4v) is 4.09. The van der Waals surface area contributed by atoms with Crippen molar-refractivity contribution in [2.24, 2.45) is 5.92 Å². The van der Waals surface area contributed by atoms with Gasteiger partial charge < -0.3 is 10.1 Å². The van der Waals surface area contributed by atoms with Crippen molar-refractivity contribution in [1.82, 2.24) is 5.32 Å². The van der Waals surface area contributed by atoms with Crippen LogP contribution in [0.25, 0.3) is 0 Å². The lowest BCUT2D eigenvalue weighted by Crippen LogP contribution is -2.38. The summed E-state index contributed by atoms with van der Waals surface area (Å²) in [4.78, 5) is 0.919. The first kappa shape index (κ1) is 16.7.